The Morgan fingerprint density at radius 3 is 2.75 bits per heavy atom. The molecule has 0 amide bonds. The Morgan fingerprint density at radius 1 is 1.62 bits per heavy atom. The number of aromatic nitrogens is 1. The van der Waals surface area contributed by atoms with Crippen molar-refractivity contribution in [3.63, 3.8) is 0 Å². The Balaban J connectivity index is 3.35. The van der Waals surface area contributed by atoms with Crippen molar-refractivity contribution in [2.75, 3.05) is 7.11 Å². The minimum Gasteiger partial charge on any atom is -0.494 e. The third-order valence-electron chi connectivity index (χ3n) is 2.06. The van der Waals surface area contributed by atoms with Crippen molar-refractivity contribution in [2.45, 2.75) is 18.7 Å². The average molecular weight is 247 g/mol. The van der Waals surface area contributed by atoms with Gasteiger partial charge in [-0.1, -0.05) is 0 Å². The summed E-state index contributed by atoms with van der Waals surface area (Å²) in [5.41, 5.74) is 0.262. The summed E-state index contributed by atoms with van der Waals surface area (Å²) in [6.45, 7) is 0. The maximum absolute atomic E-state index is 12.6. The quantitative estimate of drug-likeness (QED) is 0.768. The number of nitrogens with zero attached hydrogens (tertiary/aromatic N) is 2. The van der Waals surface area contributed by atoms with Crippen LogP contribution in [-0.2, 0) is 12.3 Å². The zero-order valence-electron chi connectivity index (χ0n) is 8.51. The van der Waals surface area contributed by atoms with E-state index in [0.29, 0.717) is 5.69 Å². The van der Waals surface area contributed by atoms with Gasteiger partial charge in [-0.2, -0.15) is 5.26 Å². The molecule has 0 aliphatic rings. The van der Waals surface area contributed by atoms with Gasteiger partial charge in [-0.25, -0.2) is 8.78 Å². The standard InChI is InChI=1S/C10H9ClF2N2O/c1-16-9-6(4-11)7(10(12)13)5-15-8(9)2-3-14/h5,10H,2,4H2,1H3. The minimum absolute atomic E-state index is 0.00339. The topological polar surface area (TPSA) is 45.9 Å². The van der Waals surface area contributed by atoms with Crippen molar-refractivity contribution in [3.8, 4) is 11.8 Å². The summed E-state index contributed by atoms with van der Waals surface area (Å²) >= 11 is 5.61. The van der Waals surface area contributed by atoms with Gasteiger partial charge in [-0.05, 0) is 0 Å². The zero-order chi connectivity index (χ0) is 12.1. The lowest BCUT2D eigenvalue weighted by atomic mass is 10.1. The predicted molar refractivity (Wildman–Crippen MR) is 54.6 cm³/mol. The predicted octanol–water partition coefficient (Wildman–Crippen LogP) is 2.83. The van der Waals surface area contributed by atoms with Gasteiger partial charge in [0, 0.05) is 17.3 Å². The second-order valence-electron chi connectivity index (χ2n) is 2.94. The molecule has 0 radical (unpaired) electrons. The molecule has 0 spiro atoms. The van der Waals surface area contributed by atoms with Gasteiger partial charge < -0.3 is 4.74 Å². The van der Waals surface area contributed by atoms with E-state index in [2.05, 4.69) is 4.98 Å². The minimum atomic E-state index is -2.66. The van der Waals surface area contributed by atoms with Gasteiger partial charge in [0.05, 0.1) is 31.2 Å². The highest BCUT2D eigenvalue weighted by molar-refractivity contribution is 6.17. The monoisotopic (exact) mass is 246 g/mol. The van der Waals surface area contributed by atoms with E-state index >= 15 is 0 Å². The second-order valence-corrected chi connectivity index (χ2v) is 3.21. The fraction of sp³-hybridized carbons (Fsp3) is 0.400. The van der Waals surface area contributed by atoms with Crippen LogP contribution in [0.4, 0.5) is 8.78 Å². The van der Waals surface area contributed by atoms with Crippen molar-refractivity contribution >= 4 is 11.6 Å². The number of alkyl halides is 3. The summed E-state index contributed by atoms with van der Waals surface area (Å²) in [6, 6.07) is 1.89. The van der Waals surface area contributed by atoms with E-state index in [-0.39, 0.29) is 29.2 Å². The normalized spacial score (nSPS) is 10.2. The van der Waals surface area contributed by atoms with E-state index in [9.17, 15) is 8.78 Å². The average Bonchev–Trinajstić information content (AvgIpc) is 2.28. The van der Waals surface area contributed by atoms with Crippen LogP contribution in [0.15, 0.2) is 6.20 Å². The molecule has 1 rings (SSSR count). The maximum Gasteiger partial charge on any atom is 0.265 e. The molecule has 0 N–H and O–H groups in total. The van der Waals surface area contributed by atoms with Crippen LogP contribution in [0.2, 0.25) is 0 Å². The molecule has 1 aromatic heterocycles. The lowest BCUT2D eigenvalue weighted by molar-refractivity contribution is 0.149. The molecule has 6 heteroatoms. The van der Waals surface area contributed by atoms with Crippen molar-refractivity contribution < 1.29 is 13.5 Å². The maximum atomic E-state index is 12.6. The van der Waals surface area contributed by atoms with Gasteiger partial charge in [0.2, 0.25) is 0 Å². The van der Waals surface area contributed by atoms with Crippen molar-refractivity contribution in [1.82, 2.24) is 4.98 Å². The highest BCUT2D eigenvalue weighted by Gasteiger charge is 2.20. The molecule has 0 aromatic carbocycles. The molecule has 0 aliphatic carbocycles. The van der Waals surface area contributed by atoms with Crippen LogP contribution in [0, 0.1) is 11.3 Å². The van der Waals surface area contributed by atoms with Crippen LogP contribution in [0.1, 0.15) is 23.2 Å². The van der Waals surface area contributed by atoms with Gasteiger partial charge in [0.1, 0.15) is 5.75 Å². The Bertz CT molecular complexity index is 418. The third kappa shape index (κ3) is 2.39. The van der Waals surface area contributed by atoms with Crippen LogP contribution in [0.25, 0.3) is 0 Å². The van der Waals surface area contributed by atoms with Gasteiger partial charge in [0.15, 0.2) is 0 Å². The SMILES string of the molecule is COc1c(CC#N)ncc(C(F)F)c1CCl. The lowest BCUT2D eigenvalue weighted by Crippen LogP contribution is -2.03. The summed E-state index contributed by atoms with van der Waals surface area (Å²) < 4.78 is 30.2. The first-order chi connectivity index (χ1) is 7.65. The van der Waals surface area contributed by atoms with Gasteiger partial charge in [-0.3, -0.25) is 4.98 Å². The highest BCUT2D eigenvalue weighted by atomic mass is 35.5. The first kappa shape index (κ1) is 12.7. The lowest BCUT2D eigenvalue weighted by Gasteiger charge is -2.13. The first-order valence-electron chi connectivity index (χ1n) is 4.41. The highest BCUT2D eigenvalue weighted by Crippen LogP contribution is 2.32. The van der Waals surface area contributed by atoms with Crippen LogP contribution in [-0.4, -0.2) is 12.1 Å². The molecule has 86 valence electrons. The third-order valence-corrected chi connectivity index (χ3v) is 2.33. The Labute approximate surface area is 96.6 Å². The molecular weight excluding hydrogens is 238 g/mol. The molecule has 3 nitrogen and oxygen atoms in total. The smallest absolute Gasteiger partial charge is 0.265 e. The molecular formula is C10H9ClF2N2O. The molecule has 0 unspecified atom stereocenters. The molecule has 0 atom stereocenters. The molecule has 16 heavy (non-hydrogen) atoms. The van der Waals surface area contributed by atoms with Crippen LogP contribution in [0.5, 0.6) is 5.75 Å². The van der Waals surface area contributed by atoms with Crippen LogP contribution >= 0.6 is 11.6 Å². The Hall–Kier alpha value is -1.41. The number of methoxy groups -OCH3 is 1. The molecule has 0 aliphatic heterocycles. The van der Waals surface area contributed by atoms with Crippen LogP contribution < -0.4 is 4.74 Å². The number of hydrogen-bond donors (Lipinski definition) is 0. The molecule has 0 saturated heterocycles. The second kappa shape index (κ2) is 5.61. The molecule has 0 bridgehead atoms. The van der Waals surface area contributed by atoms with Crippen molar-refractivity contribution in [1.29, 1.82) is 5.26 Å². The summed E-state index contributed by atoms with van der Waals surface area (Å²) in [5, 5.41) is 8.56. The van der Waals surface area contributed by atoms with Crippen molar-refractivity contribution in [3.05, 3.63) is 23.0 Å². The van der Waals surface area contributed by atoms with Gasteiger partial charge in [-0.15, -0.1) is 11.6 Å². The summed E-state index contributed by atoms with van der Waals surface area (Å²) in [7, 11) is 1.34. The number of ether oxygens (including phenoxy) is 1. The number of pyridine rings is 1. The van der Waals surface area contributed by atoms with E-state index in [1.165, 1.54) is 7.11 Å². The molecule has 1 aromatic rings. The van der Waals surface area contributed by atoms with Crippen LogP contribution in [0.3, 0.4) is 0 Å². The molecule has 1 heterocycles. The van der Waals surface area contributed by atoms with E-state index in [1.807, 2.05) is 6.07 Å². The van der Waals surface area contributed by atoms with E-state index in [0.717, 1.165) is 6.20 Å². The van der Waals surface area contributed by atoms with Gasteiger partial charge in [0.25, 0.3) is 6.43 Å². The summed E-state index contributed by atoms with van der Waals surface area (Å²) in [4.78, 5) is 3.78. The number of rotatable bonds is 4. The van der Waals surface area contributed by atoms with Gasteiger partial charge >= 0.3 is 0 Å². The fourth-order valence-electron chi connectivity index (χ4n) is 1.36. The largest absolute Gasteiger partial charge is 0.494 e. The van der Waals surface area contributed by atoms with E-state index < -0.39 is 6.43 Å². The van der Waals surface area contributed by atoms with E-state index in [1.54, 1.807) is 0 Å². The zero-order valence-corrected chi connectivity index (χ0v) is 9.26. The first-order valence-corrected chi connectivity index (χ1v) is 4.94. The number of hydrogen-bond acceptors (Lipinski definition) is 3. The Morgan fingerprint density at radius 2 is 2.31 bits per heavy atom. The summed E-state index contributed by atoms with van der Waals surface area (Å²) in [5.74, 6) is 0.0680. The molecule has 0 fully saturated rings. The number of halogens is 3. The Kier molecular flexibility index (Phi) is 4.44. The van der Waals surface area contributed by atoms with E-state index in [4.69, 9.17) is 21.6 Å². The fourth-order valence-corrected chi connectivity index (χ4v) is 1.63. The summed E-state index contributed by atoms with van der Waals surface area (Å²) in [6.07, 6.45) is -1.62. The van der Waals surface area contributed by atoms with Crippen molar-refractivity contribution in [2.24, 2.45) is 0 Å². The number of nitriles is 1. The molecule has 0 saturated carbocycles.